The minimum atomic E-state index is -1.79. The van der Waals surface area contributed by atoms with Gasteiger partial charge in [-0.05, 0) is 77.0 Å². The average molecular weight is 912 g/mol. The normalized spacial score (nSPS) is 28.8. The van der Waals surface area contributed by atoms with Crippen molar-refractivity contribution in [1.29, 1.82) is 0 Å². The van der Waals surface area contributed by atoms with Gasteiger partial charge in [0.2, 0.25) is 11.8 Å². The van der Waals surface area contributed by atoms with Crippen LogP contribution in [0.4, 0.5) is 15.3 Å². The van der Waals surface area contributed by atoms with Gasteiger partial charge in [0.15, 0.2) is 5.72 Å². The number of allylic oxidation sites excluding steroid dienone is 3. The molecule has 0 spiro atoms. The highest BCUT2D eigenvalue weighted by atomic mass is 35.5. The summed E-state index contributed by atoms with van der Waals surface area (Å²) in [5.74, 6) is -0.360. The van der Waals surface area contributed by atoms with Gasteiger partial charge in [-0.3, -0.25) is 14.9 Å². The number of rotatable bonds is 12. The Morgan fingerprint density at radius 2 is 1.85 bits per heavy atom. The summed E-state index contributed by atoms with van der Waals surface area (Å²) in [6.45, 7) is 13.1. The summed E-state index contributed by atoms with van der Waals surface area (Å²) in [6, 6.07) is 2.65. The number of halogens is 1. The van der Waals surface area contributed by atoms with E-state index in [2.05, 4.69) is 10.6 Å². The third-order valence-electron chi connectivity index (χ3n) is 11.6. The van der Waals surface area contributed by atoms with Crippen molar-refractivity contribution in [1.82, 2.24) is 15.5 Å². The highest BCUT2D eigenvalue weighted by molar-refractivity contribution is 8.76. The van der Waals surface area contributed by atoms with Crippen LogP contribution in [-0.4, -0.2) is 122 Å². The maximum absolute atomic E-state index is 14.3. The Labute approximate surface area is 372 Å². The predicted octanol–water partition coefficient (Wildman–Crippen LogP) is 6.68. The molecule has 1 aliphatic carbocycles. The van der Waals surface area contributed by atoms with Crippen LogP contribution in [0.25, 0.3) is 0 Å². The summed E-state index contributed by atoms with van der Waals surface area (Å²) in [5.41, 5.74) is -0.954. The SMILES string of the molecule is COc1cc2cc(c1Cl)N(C)C(=O)C[C@H](OC(=O)[C@H](C)N(C)C(=O)CCSSCCNC(=O)OC(C)(C)C)[C@@]1(C)C[C@H]1[C@H](C)[C@@H]1C[C@@](O)(NC(=O)O1)[C@H](OC)/C=C/C=C(\C)C2. The van der Waals surface area contributed by atoms with E-state index in [9.17, 15) is 29.1 Å². The smallest absolute Gasteiger partial charge is 0.409 e. The molecule has 0 radical (unpaired) electrons. The van der Waals surface area contributed by atoms with Crippen LogP contribution in [0.5, 0.6) is 5.75 Å². The lowest BCUT2D eigenvalue weighted by Crippen LogP contribution is -2.63. The first-order chi connectivity index (χ1) is 28.5. The Balaban J connectivity index is 1.55. The topological polar surface area (TPSA) is 182 Å². The number of carbonyl (C=O) groups is 5. The number of anilines is 1. The monoisotopic (exact) mass is 910 g/mol. The van der Waals surface area contributed by atoms with Crippen molar-refractivity contribution in [3.8, 4) is 5.75 Å². The number of alkyl carbamates (subject to hydrolysis) is 2. The number of nitrogens with zero attached hydrogens (tertiary/aromatic N) is 2. The molecule has 2 aliphatic heterocycles. The molecule has 8 atom stereocenters. The summed E-state index contributed by atoms with van der Waals surface area (Å²) in [4.78, 5) is 69.1. The summed E-state index contributed by atoms with van der Waals surface area (Å²) >= 11 is 6.81. The van der Waals surface area contributed by atoms with Crippen molar-refractivity contribution < 1.29 is 52.8 Å². The van der Waals surface area contributed by atoms with E-state index in [4.69, 9.17) is 35.3 Å². The molecule has 61 heavy (non-hydrogen) atoms. The summed E-state index contributed by atoms with van der Waals surface area (Å²) in [7, 11) is 9.09. The van der Waals surface area contributed by atoms with Gasteiger partial charge in [-0.25, -0.2) is 14.4 Å². The van der Waals surface area contributed by atoms with E-state index in [1.807, 2.05) is 32.9 Å². The number of methoxy groups -OCH3 is 2. The second kappa shape index (κ2) is 21.2. The van der Waals surface area contributed by atoms with Crippen LogP contribution >= 0.6 is 33.2 Å². The number of amides is 4. The third kappa shape index (κ3) is 13.2. The molecule has 1 aromatic carbocycles. The Hall–Kier alpha value is -3.64. The maximum atomic E-state index is 14.3. The average Bonchev–Trinajstić information content (AvgIpc) is 3.88. The Morgan fingerprint density at radius 1 is 1.16 bits per heavy atom. The van der Waals surface area contributed by atoms with Crippen LogP contribution < -0.4 is 20.3 Å². The Kier molecular flexibility index (Phi) is 17.3. The molecule has 18 heteroatoms. The van der Waals surface area contributed by atoms with Crippen molar-refractivity contribution in [2.24, 2.45) is 17.3 Å². The quantitative estimate of drug-likeness (QED) is 0.0876. The summed E-state index contributed by atoms with van der Waals surface area (Å²) in [5, 5.41) is 17.3. The lowest BCUT2D eigenvalue weighted by Gasteiger charge is -2.42. The first kappa shape index (κ1) is 50.0. The molecule has 1 saturated carbocycles. The van der Waals surface area contributed by atoms with Crippen molar-refractivity contribution >= 4 is 68.8 Å². The van der Waals surface area contributed by atoms with Gasteiger partial charge in [0, 0.05) is 57.5 Å². The van der Waals surface area contributed by atoms with Crippen molar-refractivity contribution in [2.75, 3.05) is 51.3 Å². The van der Waals surface area contributed by atoms with Gasteiger partial charge in [0.25, 0.3) is 0 Å². The van der Waals surface area contributed by atoms with Crippen LogP contribution in [-0.2, 0) is 39.8 Å². The van der Waals surface area contributed by atoms with Crippen LogP contribution in [0.2, 0.25) is 5.02 Å². The van der Waals surface area contributed by atoms with Gasteiger partial charge in [0.05, 0.1) is 19.2 Å². The molecule has 1 aromatic rings. The van der Waals surface area contributed by atoms with Gasteiger partial charge >= 0.3 is 18.2 Å². The number of fused-ring (bicyclic) bond motifs is 5. The summed E-state index contributed by atoms with van der Waals surface area (Å²) < 4.78 is 28.5. The molecule has 1 saturated heterocycles. The van der Waals surface area contributed by atoms with Gasteiger partial charge in [-0.1, -0.05) is 70.8 Å². The van der Waals surface area contributed by atoms with E-state index in [0.29, 0.717) is 42.3 Å². The molecule has 0 aromatic heterocycles. The molecule has 4 bridgehead atoms. The zero-order valence-corrected chi connectivity index (χ0v) is 39.5. The summed E-state index contributed by atoms with van der Waals surface area (Å²) in [6.07, 6.45) is 2.38. The van der Waals surface area contributed by atoms with E-state index >= 15 is 0 Å². The molecule has 15 nitrogen and oxygen atoms in total. The number of hydrogen-bond donors (Lipinski definition) is 3. The Bertz CT molecular complexity index is 1840. The number of nitrogens with one attached hydrogen (secondary N) is 2. The van der Waals surface area contributed by atoms with Crippen LogP contribution in [0, 0.1) is 17.3 Å². The fraction of sp³-hybridized carbons (Fsp3) is 0.651. The van der Waals surface area contributed by atoms with Crippen LogP contribution in [0.15, 0.2) is 35.9 Å². The molecule has 4 rings (SSSR count). The van der Waals surface area contributed by atoms with Crippen molar-refractivity contribution in [2.45, 2.75) is 116 Å². The maximum Gasteiger partial charge on any atom is 0.409 e. The Morgan fingerprint density at radius 3 is 2.51 bits per heavy atom. The first-order valence-electron chi connectivity index (χ1n) is 20.4. The molecule has 2 fully saturated rings. The largest absolute Gasteiger partial charge is 0.495 e. The standard InChI is InChI=1S/C43H63ClN4O11S2/c1-25-13-12-14-33(56-11)43(54)24-32(57-40(53)46-43)26(2)29-23-42(29,7)34(22-36(50)48(9)30-20-28(19-25)21-31(55-10)37(30)44)58-38(51)27(3)47(8)35(49)15-17-60-61-18-16-45-39(52)59-41(4,5)6/h12-14,20-21,26-27,29,32-34,54H,15-19,22-24H2,1-11H3,(H,45,52)(H,46,53)/b14-12+,25-13+/t26-,27-,29-,32-,33+,34-,42-,43-/m0/s1. The van der Waals surface area contributed by atoms with E-state index < -0.39 is 59.3 Å². The zero-order valence-electron chi connectivity index (χ0n) is 37.1. The number of likely N-dealkylation sites (N-methyl/N-ethyl adjacent to an activating group) is 1. The second-order valence-corrected chi connectivity index (χ2v) is 20.4. The molecule has 3 N–H and O–H groups in total. The number of esters is 1. The number of carbonyl (C=O) groups excluding carboxylic acids is 5. The van der Waals surface area contributed by atoms with E-state index in [0.717, 1.165) is 11.1 Å². The van der Waals surface area contributed by atoms with Crippen LogP contribution in [0.3, 0.4) is 0 Å². The molecule has 0 unspecified atom stereocenters. The van der Waals surface area contributed by atoms with Crippen LogP contribution in [0.1, 0.15) is 79.7 Å². The van der Waals surface area contributed by atoms with E-state index in [1.54, 1.807) is 60.0 Å². The first-order valence-corrected chi connectivity index (χ1v) is 23.3. The third-order valence-corrected chi connectivity index (χ3v) is 14.4. The number of ether oxygens (including phenoxy) is 5. The number of hydrogen-bond acceptors (Lipinski definition) is 13. The second-order valence-electron chi connectivity index (χ2n) is 17.3. The fourth-order valence-electron chi connectivity index (χ4n) is 7.71. The highest BCUT2D eigenvalue weighted by Gasteiger charge is 2.62. The van der Waals surface area contributed by atoms with Gasteiger partial charge in [-0.15, -0.1) is 0 Å². The molecule has 2 heterocycles. The minimum absolute atomic E-state index is 0.0119. The number of benzene rings is 1. The molecule has 4 amide bonds. The van der Waals surface area contributed by atoms with E-state index in [1.165, 1.54) is 45.6 Å². The minimum Gasteiger partial charge on any atom is -0.495 e. The lowest BCUT2D eigenvalue weighted by molar-refractivity contribution is -0.163. The van der Waals surface area contributed by atoms with Gasteiger partial charge in [0.1, 0.15) is 40.7 Å². The highest BCUT2D eigenvalue weighted by Crippen LogP contribution is 2.61. The van der Waals surface area contributed by atoms with Gasteiger partial charge in [-0.2, -0.15) is 0 Å². The molecular formula is C43H63ClN4O11S2. The van der Waals surface area contributed by atoms with Gasteiger partial charge < -0.3 is 43.9 Å². The fourth-order valence-corrected chi connectivity index (χ4v) is 9.91. The molecule has 3 aliphatic rings. The predicted molar refractivity (Wildman–Crippen MR) is 238 cm³/mol. The van der Waals surface area contributed by atoms with Crippen molar-refractivity contribution in [3.05, 3.63) is 46.5 Å². The lowest BCUT2D eigenvalue weighted by atomic mass is 9.83. The molecular weight excluding hydrogens is 848 g/mol. The number of aliphatic hydroxyl groups is 1. The molecule has 340 valence electrons. The zero-order chi connectivity index (χ0) is 45.4. The van der Waals surface area contributed by atoms with E-state index in [-0.39, 0.29) is 47.9 Å². The van der Waals surface area contributed by atoms with Crippen molar-refractivity contribution in [3.63, 3.8) is 0 Å².